The minimum atomic E-state index is -0.566. The van der Waals surface area contributed by atoms with Gasteiger partial charge < -0.3 is 15.2 Å². The Labute approximate surface area is 171 Å². The highest BCUT2D eigenvalue weighted by Gasteiger charge is 2.36. The van der Waals surface area contributed by atoms with E-state index in [0.29, 0.717) is 33.3 Å². The Morgan fingerprint density at radius 3 is 2.93 bits per heavy atom. The Kier molecular flexibility index (Phi) is 4.87. The summed E-state index contributed by atoms with van der Waals surface area (Å²) in [6.45, 7) is 1.98. The van der Waals surface area contributed by atoms with Crippen LogP contribution in [0.2, 0.25) is 5.02 Å². The Hall–Kier alpha value is -3.50. The second-order valence-corrected chi connectivity index (χ2v) is 7.03. The van der Waals surface area contributed by atoms with E-state index in [9.17, 15) is 9.65 Å². The molecule has 2 heterocycles. The minimum Gasteiger partial charge on any atom is -0.489 e. The second-order valence-electron chi connectivity index (χ2n) is 6.59. The zero-order valence-electron chi connectivity index (χ0n) is 15.4. The van der Waals surface area contributed by atoms with E-state index in [1.54, 1.807) is 30.3 Å². The van der Waals surface area contributed by atoms with Gasteiger partial charge in [-0.1, -0.05) is 23.7 Å². The van der Waals surface area contributed by atoms with Crippen molar-refractivity contribution in [2.24, 2.45) is 5.73 Å². The molecule has 1 atom stereocenters. The van der Waals surface area contributed by atoms with Crippen molar-refractivity contribution in [3.8, 4) is 17.7 Å². The Morgan fingerprint density at radius 1 is 1.34 bits per heavy atom. The van der Waals surface area contributed by atoms with E-state index in [1.807, 2.05) is 6.92 Å². The minimum absolute atomic E-state index is 0.0208. The van der Waals surface area contributed by atoms with Gasteiger partial charge in [0.2, 0.25) is 11.8 Å². The number of nitriles is 1. The van der Waals surface area contributed by atoms with Crippen LogP contribution < -0.4 is 15.2 Å². The quantitative estimate of drug-likeness (QED) is 0.668. The number of benzene rings is 2. The van der Waals surface area contributed by atoms with Gasteiger partial charge in [-0.3, -0.25) is 5.10 Å². The van der Waals surface area contributed by atoms with Crippen molar-refractivity contribution in [2.45, 2.75) is 19.4 Å². The summed E-state index contributed by atoms with van der Waals surface area (Å²) in [5.41, 5.74) is 8.95. The molecule has 0 radical (unpaired) electrons. The first-order valence-corrected chi connectivity index (χ1v) is 9.15. The molecule has 3 N–H and O–H groups in total. The summed E-state index contributed by atoms with van der Waals surface area (Å²) < 4.78 is 25.0. The fraction of sp³-hybridized carbons (Fsp3) is 0.143. The number of hydrogen-bond donors (Lipinski definition) is 2. The molecule has 3 aromatic rings. The molecular weight excluding hydrogens is 395 g/mol. The number of H-pyrrole nitrogens is 1. The van der Waals surface area contributed by atoms with Gasteiger partial charge in [0, 0.05) is 21.8 Å². The molecule has 8 heteroatoms. The lowest BCUT2D eigenvalue weighted by atomic mass is 9.83. The van der Waals surface area contributed by atoms with Crippen molar-refractivity contribution < 1.29 is 13.9 Å². The molecule has 0 spiro atoms. The van der Waals surface area contributed by atoms with Crippen LogP contribution >= 0.6 is 11.6 Å². The Balaban J connectivity index is 1.79. The summed E-state index contributed by atoms with van der Waals surface area (Å²) in [6, 6.07) is 13.4. The largest absolute Gasteiger partial charge is 0.489 e. The number of nitrogens with one attached hydrogen (secondary N) is 1. The highest BCUT2D eigenvalue weighted by Crippen LogP contribution is 2.46. The van der Waals surface area contributed by atoms with Crippen LogP contribution in [0.3, 0.4) is 0 Å². The van der Waals surface area contributed by atoms with E-state index in [4.69, 9.17) is 26.8 Å². The van der Waals surface area contributed by atoms with Crippen molar-refractivity contribution >= 4 is 11.6 Å². The average Bonchev–Trinajstić information content (AvgIpc) is 3.06. The molecule has 0 saturated carbocycles. The summed E-state index contributed by atoms with van der Waals surface area (Å²) in [5.74, 6) is -0.123. The van der Waals surface area contributed by atoms with Gasteiger partial charge in [0.1, 0.15) is 29.8 Å². The van der Waals surface area contributed by atoms with Gasteiger partial charge in [0.15, 0.2) is 0 Å². The molecule has 4 rings (SSSR count). The lowest BCUT2D eigenvalue weighted by Crippen LogP contribution is -2.21. The zero-order valence-corrected chi connectivity index (χ0v) is 16.1. The predicted octanol–water partition coefficient (Wildman–Crippen LogP) is 4.31. The molecule has 0 fully saturated rings. The van der Waals surface area contributed by atoms with Crippen molar-refractivity contribution in [1.29, 1.82) is 5.26 Å². The zero-order chi connectivity index (χ0) is 20.5. The van der Waals surface area contributed by atoms with Crippen LogP contribution in [0.5, 0.6) is 11.6 Å². The molecule has 1 aromatic heterocycles. The third-order valence-electron chi connectivity index (χ3n) is 4.70. The SMILES string of the molecule is Cc1[nH]nc2c1[C@@H](c1cc(Cl)ccc1OCc1cccc(F)c1)C(C#N)=C(N)O2. The van der Waals surface area contributed by atoms with E-state index < -0.39 is 5.92 Å². The lowest BCUT2D eigenvalue weighted by Gasteiger charge is -2.25. The Morgan fingerprint density at radius 2 is 2.17 bits per heavy atom. The van der Waals surface area contributed by atoms with Gasteiger partial charge in [0.25, 0.3) is 0 Å². The predicted molar refractivity (Wildman–Crippen MR) is 105 cm³/mol. The number of aryl methyl sites for hydroxylation is 1. The standard InChI is InChI=1S/C21H16ClFN4O2/c1-11-18-19(16(9-24)20(25)29-21(18)27-26-11)15-8-13(22)5-6-17(15)28-10-12-3-2-4-14(23)7-12/h2-8,19H,10,25H2,1H3,(H,26,27)/t19-/m0/s1. The third-order valence-corrected chi connectivity index (χ3v) is 4.93. The van der Waals surface area contributed by atoms with Crippen molar-refractivity contribution in [3.63, 3.8) is 0 Å². The smallest absolute Gasteiger partial charge is 0.244 e. The monoisotopic (exact) mass is 410 g/mol. The summed E-state index contributed by atoms with van der Waals surface area (Å²) in [7, 11) is 0. The van der Waals surface area contributed by atoms with Gasteiger partial charge in [-0.15, -0.1) is 5.10 Å². The first kappa shape index (κ1) is 18.8. The number of halogens is 2. The summed E-state index contributed by atoms with van der Waals surface area (Å²) in [5, 5.41) is 17.2. The number of hydrogen-bond acceptors (Lipinski definition) is 5. The van der Waals surface area contributed by atoms with Crippen molar-refractivity contribution in [3.05, 3.63) is 87.1 Å². The van der Waals surface area contributed by atoms with Crippen LogP contribution in [0.25, 0.3) is 0 Å². The number of nitrogens with zero attached hydrogens (tertiary/aromatic N) is 2. The molecule has 2 aromatic carbocycles. The molecule has 0 aliphatic carbocycles. The number of ether oxygens (including phenoxy) is 2. The topological polar surface area (TPSA) is 97.0 Å². The molecule has 1 aliphatic heterocycles. The van der Waals surface area contributed by atoms with E-state index >= 15 is 0 Å². The molecule has 146 valence electrons. The van der Waals surface area contributed by atoms with Crippen LogP contribution in [0.1, 0.15) is 28.3 Å². The van der Waals surface area contributed by atoms with Crippen LogP contribution in [0.15, 0.2) is 53.9 Å². The number of aromatic amines is 1. The third kappa shape index (κ3) is 3.50. The molecule has 0 bridgehead atoms. The van der Waals surface area contributed by atoms with Crippen LogP contribution in [-0.4, -0.2) is 10.2 Å². The summed E-state index contributed by atoms with van der Waals surface area (Å²) in [4.78, 5) is 0. The molecular formula is C21H16ClFN4O2. The first-order chi connectivity index (χ1) is 14.0. The highest BCUT2D eigenvalue weighted by atomic mass is 35.5. The summed E-state index contributed by atoms with van der Waals surface area (Å²) in [6.07, 6.45) is 0. The maximum absolute atomic E-state index is 13.5. The number of aromatic nitrogens is 2. The maximum Gasteiger partial charge on any atom is 0.244 e. The fourth-order valence-electron chi connectivity index (χ4n) is 3.37. The maximum atomic E-state index is 13.5. The molecule has 0 amide bonds. The van der Waals surface area contributed by atoms with E-state index in [1.165, 1.54) is 12.1 Å². The molecule has 1 aliphatic rings. The molecule has 29 heavy (non-hydrogen) atoms. The number of nitrogens with two attached hydrogens (primary N) is 1. The van der Waals surface area contributed by atoms with Crippen molar-refractivity contribution in [2.75, 3.05) is 0 Å². The normalized spacial score (nSPS) is 15.4. The first-order valence-electron chi connectivity index (χ1n) is 8.77. The Bertz CT molecular complexity index is 1170. The van der Waals surface area contributed by atoms with Crippen LogP contribution in [-0.2, 0) is 6.61 Å². The fourth-order valence-corrected chi connectivity index (χ4v) is 3.55. The number of fused-ring (bicyclic) bond motifs is 1. The van der Waals surface area contributed by atoms with E-state index in [0.717, 1.165) is 5.69 Å². The van der Waals surface area contributed by atoms with E-state index in [2.05, 4.69) is 16.3 Å². The summed E-state index contributed by atoms with van der Waals surface area (Å²) >= 11 is 6.25. The second kappa shape index (κ2) is 7.49. The number of rotatable bonds is 4. The van der Waals surface area contributed by atoms with Crippen molar-refractivity contribution in [1.82, 2.24) is 10.2 Å². The van der Waals surface area contributed by atoms with Gasteiger partial charge in [-0.2, -0.15) is 5.26 Å². The van der Waals surface area contributed by atoms with Crippen LogP contribution in [0.4, 0.5) is 4.39 Å². The van der Waals surface area contributed by atoms with Gasteiger partial charge >= 0.3 is 0 Å². The van der Waals surface area contributed by atoms with Crippen LogP contribution in [0, 0.1) is 24.1 Å². The highest BCUT2D eigenvalue weighted by molar-refractivity contribution is 6.30. The number of allylic oxidation sites excluding steroid dienone is 1. The molecule has 0 unspecified atom stereocenters. The van der Waals surface area contributed by atoms with E-state index in [-0.39, 0.29) is 23.9 Å². The molecule has 6 nitrogen and oxygen atoms in total. The van der Waals surface area contributed by atoms with Gasteiger partial charge in [-0.25, -0.2) is 4.39 Å². The average molecular weight is 411 g/mol. The van der Waals surface area contributed by atoms with Gasteiger partial charge in [0.05, 0.1) is 5.92 Å². The lowest BCUT2D eigenvalue weighted by molar-refractivity contribution is 0.301. The molecule has 0 saturated heterocycles. The van der Waals surface area contributed by atoms with Gasteiger partial charge in [-0.05, 0) is 42.8 Å².